The molecule has 4 saturated carbocycles. The van der Waals surface area contributed by atoms with Crippen LogP contribution in [0.25, 0.3) is 0 Å². The van der Waals surface area contributed by atoms with Crippen LogP contribution in [0.5, 0.6) is 0 Å². The predicted octanol–water partition coefficient (Wildman–Crippen LogP) is 10.5. The van der Waals surface area contributed by atoms with E-state index in [-0.39, 0.29) is 35.2 Å². The van der Waals surface area contributed by atoms with E-state index >= 15 is 0 Å². The molecule has 4 fully saturated rings. The Morgan fingerprint density at radius 2 is 1.13 bits per heavy atom. The van der Waals surface area contributed by atoms with Gasteiger partial charge in [0.05, 0.1) is 13.1 Å². The second kappa shape index (κ2) is 17.4. The first-order valence-electron chi connectivity index (χ1n) is 22.6. The average Bonchev–Trinajstić information content (AvgIpc) is 4.06. The van der Waals surface area contributed by atoms with E-state index in [4.69, 9.17) is 22.4 Å². The fraction of sp³-hybridized carbons (Fsp3) is 0.600. The number of carbonyl (C=O) groups excluding carboxylic acids is 2. The fourth-order valence-corrected chi connectivity index (χ4v) is 12.8. The number of rotatable bonds is 7. The van der Waals surface area contributed by atoms with Gasteiger partial charge in [0.2, 0.25) is 0 Å². The van der Waals surface area contributed by atoms with Crippen LogP contribution in [0.15, 0.2) is 60.7 Å². The second-order valence-corrected chi connectivity index (χ2v) is 21.1. The van der Waals surface area contributed by atoms with Crippen molar-refractivity contribution < 1.29 is 9.59 Å². The smallest absolute Gasteiger partial charge is 0.273 e. The van der Waals surface area contributed by atoms with Crippen LogP contribution >= 0.6 is 24.0 Å². The number of nitrogens with one attached hydrogen (secondary N) is 1. The summed E-state index contributed by atoms with van der Waals surface area (Å²) in [5.41, 5.74) is 15.8. The zero-order chi connectivity index (χ0) is 41.7. The SMILES string of the molecule is CC12CCC(C1)C(C)(C)C2N.CC12CCC(C1)C(C)(C)C2NC(=O)c1nn(Cc2ccccc2)c2c1CCCC2.Cl.O=C(Cl)c1nn(Cc2ccccc2)c2c1CCCC2. The standard InChI is InChI=1S/C25H33N3O.C15H15ClN2O.C10H19N.ClH/c1-24(2)18-13-14-25(3,15-18)23(24)26-22(29)21-19-11-7-8-12-20(19)28(27-21)16-17-9-5-4-6-10-17;16-15(19)14-12-8-4-5-9-13(12)18(17-14)10-11-6-2-1-3-7-11;1-9(2)7-4-5-10(3,6-7)8(9)11;/h4-6,9-10,18,23H,7-8,11-16H2,1-3H3,(H,26,29);1-3,6-7H,4-5,8-10H2;7-8H,4-6,11H2,1-3H3;1H. The van der Waals surface area contributed by atoms with Crippen molar-refractivity contribution in [3.05, 3.63) is 106 Å². The van der Waals surface area contributed by atoms with E-state index < -0.39 is 5.24 Å². The van der Waals surface area contributed by atoms with Gasteiger partial charge in [0.25, 0.3) is 11.1 Å². The van der Waals surface area contributed by atoms with E-state index in [1.807, 2.05) is 28.9 Å². The maximum atomic E-state index is 13.5. The summed E-state index contributed by atoms with van der Waals surface area (Å²) in [6, 6.07) is 21.3. The molecular formula is C50H68Cl2N6O2. The summed E-state index contributed by atoms with van der Waals surface area (Å²) in [5.74, 6) is 1.67. The zero-order valence-corrected chi connectivity index (χ0v) is 38.4. The number of aromatic nitrogens is 4. The highest BCUT2D eigenvalue weighted by Gasteiger charge is 2.60. The third-order valence-electron chi connectivity index (χ3n) is 16.2. The van der Waals surface area contributed by atoms with E-state index in [9.17, 15) is 9.59 Å². The van der Waals surface area contributed by atoms with Crippen LogP contribution in [-0.2, 0) is 38.8 Å². The van der Waals surface area contributed by atoms with Gasteiger partial charge in [0.15, 0.2) is 5.69 Å². The number of carbonyl (C=O) groups is 2. The number of halogens is 2. The molecule has 2 aromatic carbocycles. The number of benzene rings is 2. The third-order valence-corrected chi connectivity index (χ3v) is 16.4. The van der Waals surface area contributed by atoms with Gasteiger partial charge >= 0.3 is 0 Å². The van der Waals surface area contributed by atoms with E-state index in [0.29, 0.717) is 34.8 Å². The molecule has 0 radical (unpaired) electrons. The lowest BCUT2D eigenvalue weighted by Gasteiger charge is -2.43. The summed E-state index contributed by atoms with van der Waals surface area (Å²) in [6.45, 7) is 15.5. The van der Waals surface area contributed by atoms with Crippen LogP contribution in [-0.4, -0.2) is 42.8 Å². The van der Waals surface area contributed by atoms with Gasteiger partial charge in [-0.25, -0.2) is 0 Å². The van der Waals surface area contributed by atoms with Gasteiger partial charge in [-0.05, 0) is 146 Å². The largest absolute Gasteiger partial charge is 0.347 e. The molecule has 6 aliphatic rings. The first kappa shape index (κ1) is 44.6. The van der Waals surface area contributed by atoms with Crippen molar-refractivity contribution in [3.63, 3.8) is 0 Å². The monoisotopic (exact) mass is 854 g/mol. The Morgan fingerprint density at radius 1 is 0.683 bits per heavy atom. The highest BCUT2D eigenvalue weighted by molar-refractivity contribution is 6.67. The normalized spacial score (nSPS) is 28.6. The summed E-state index contributed by atoms with van der Waals surface area (Å²) < 4.78 is 4.03. The number of fused-ring (bicyclic) bond motifs is 6. The Kier molecular flexibility index (Phi) is 12.9. The van der Waals surface area contributed by atoms with Gasteiger partial charge in [-0.1, -0.05) is 102 Å². The summed E-state index contributed by atoms with van der Waals surface area (Å²) in [7, 11) is 0. The Hall–Kier alpha value is -3.46. The van der Waals surface area contributed by atoms with Gasteiger partial charge in [-0.3, -0.25) is 19.0 Å². The van der Waals surface area contributed by atoms with E-state index in [1.165, 1.54) is 73.0 Å². The molecule has 2 aromatic heterocycles. The van der Waals surface area contributed by atoms with E-state index in [2.05, 4.69) is 93.0 Å². The Morgan fingerprint density at radius 3 is 1.57 bits per heavy atom. The first-order valence-corrected chi connectivity index (χ1v) is 23.0. The van der Waals surface area contributed by atoms with Gasteiger partial charge in [-0.2, -0.15) is 10.2 Å². The van der Waals surface area contributed by atoms with Crippen LogP contribution < -0.4 is 11.1 Å². The lowest BCUT2D eigenvalue weighted by molar-refractivity contribution is 0.0731. The van der Waals surface area contributed by atoms with Crippen molar-refractivity contribution in [1.29, 1.82) is 0 Å². The van der Waals surface area contributed by atoms with Crippen LogP contribution in [0.2, 0.25) is 0 Å². The van der Waals surface area contributed by atoms with Crippen molar-refractivity contribution in [2.75, 3.05) is 0 Å². The van der Waals surface area contributed by atoms with E-state index in [1.54, 1.807) is 0 Å². The van der Waals surface area contributed by atoms with Gasteiger partial charge in [0, 0.05) is 34.6 Å². The molecule has 4 aromatic rings. The molecule has 6 aliphatic carbocycles. The van der Waals surface area contributed by atoms with Crippen LogP contribution in [0.1, 0.15) is 160 Å². The highest BCUT2D eigenvalue weighted by atomic mass is 35.5. The molecule has 1 amide bonds. The Labute approximate surface area is 369 Å². The molecule has 3 N–H and O–H groups in total. The number of nitrogens with zero attached hydrogens (tertiary/aromatic N) is 4. The number of nitrogens with two attached hydrogens (primary N) is 1. The molecule has 0 saturated heterocycles. The van der Waals surface area contributed by atoms with Crippen molar-refractivity contribution in [3.8, 4) is 0 Å². The zero-order valence-electron chi connectivity index (χ0n) is 36.9. The summed E-state index contributed by atoms with van der Waals surface area (Å²) in [5, 5.41) is 12.3. The van der Waals surface area contributed by atoms with Gasteiger partial charge in [-0.15, -0.1) is 12.4 Å². The summed E-state index contributed by atoms with van der Waals surface area (Å²) >= 11 is 5.64. The van der Waals surface area contributed by atoms with Crippen LogP contribution in [0, 0.1) is 33.5 Å². The van der Waals surface area contributed by atoms with Crippen molar-refractivity contribution >= 4 is 35.2 Å². The maximum Gasteiger partial charge on any atom is 0.273 e. The molecule has 2 heterocycles. The molecule has 10 rings (SSSR count). The Balaban J connectivity index is 0.000000150. The fourth-order valence-electron chi connectivity index (χ4n) is 12.7. The minimum atomic E-state index is -0.440. The molecule has 6 unspecified atom stereocenters. The minimum Gasteiger partial charge on any atom is -0.347 e. The molecular weight excluding hydrogens is 787 g/mol. The van der Waals surface area contributed by atoms with Gasteiger partial charge < -0.3 is 11.1 Å². The van der Waals surface area contributed by atoms with Crippen molar-refractivity contribution in [2.24, 2.45) is 39.2 Å². The molecule has 324 valence electrons. The number of hydrogen-bond donors (Lipinski definition) is 2. The molecule has 0 aliphatic heterocycles. The molecule has 6 atom stereocenters. The molecule has 0 spiro atoms. The molecule has 10 heteroatoms. The van der Waals surface area contributed by atoms with Crippen molar-refractivity contribution in [2.45, 2.75) is 157 Å². The Bertz CT molecular complexity index is 2150. The third kappa shape index (κ3) is 8.39. The first-order chi connectivity index (χ1) is 28.1. The van der Waals surface area contributed by atoms with Crippen LogP contribution in [0.3, 0.4) is 0 Å². The van der Waals surface area contributed by atoms with Crippen LogP contribution in [0.4, 0.5) is 0 Å². The highest BCUT2D eigenvalue weighted by Crippen LogP contribution is 2.63. The number of amides is 1. The maximum absolute atomic E-state index is 13.5. The van der Waals surface area contributed by atoms with E-state index in [0.717, 1.165) is 68.9 Å². The topological polar surface area (TPSA) is 108 Å². The van der Waals surface area contributed by atoms with Crippen molar-refractivity contribution in [1.82, 2.24) is 24.9 Å². The minimum absolute atomic E-state index is 0. The molecule has 8 nitrogen and oxygen atoms in total. The average molecular weight is 856 g/mol. The quantitative estimate of drug-likeness (QED) is 0.180. The number of hydrogen-bond acceptors (Lipinski definition) is 5. The molecule has 4 bridgehead atoms. The lowest BCUT2D eigenvalue weighted by atomic mass is 9.68. The predicted molar refractivity (Wildman–Crippen MR) is 244 cm³/mol. The molecule has 60 heavy (non-hydrogen) atoms. The summed E-state index contributed by atoms with van der Waals surface area (Å²) in [6.07, 6.45) is 16.4. The lowest BCUT2D eigenvalue weighted by Crippen LogP contribution is -2.52. The summed E-state index contributed by atoms with van der Waals surface area (Å²) in [4.78, 5) is 24.9. The second-order valence-electron chi connectivity index (χ2n) is 20.7. The van der Waals surface area contributed by atoms with Gasteiger partial charge in [0.1, 0.15) is 5.69 Å².